The monoisotopic (exact) mass is 255 g/mol. The molecule has 0 spiro atoms. The Balaban J connectivity index is 2.03. The maximum Gasteiger partial charge on any atom is 0.263 e. The number of carbonyl (C=O) groups is 1. The van der Waals surface area contributed by atoms with Crippen molar-refractivity contribution in [2.24, 2.45) is 0 Å². The third-order valence-corrected chi connectivity index (χ3v) is 3.54. The van der Waals surface area contributed by atoms with Gasteiger partial charge in [0.05, 0.1) is 17.7 Å². The normalized spacial score (nSPS) is 12.3. The van der Waals surface area contributed by atoms with Gasteiger partial charge in [0, 0.05) is 0 Å². The van der Waals surface area contributed by atoms with Crippen molar-refractivity contribution in [1.82, 2.24) is 20.5 Å². The number of carbonyl (C=O) groups excluding carboxylic acids is 1. The molecule has 84 valence electrons. The fourth-order valence-corrected chi connectivity index (χ4v) is 2.22. The highest BCUT2D eigenvalue weighted by atomic mass is 32.1. The summed E-state index contributed by atoms with van der Waals surface area (Å²) >= 11 is 2.56. The molecule has 6 nitrogen and oxygen atoms in total. The summed E-state index contributed by atoms with van der Waals surface area (Å²) in [5.74, 6) is -0.163. The lowest BCUT2D eigenvalue weighted by molar-refractivity contribution is 0.0943. The van der Waals surface area contributed by atoms with Gasteiger partial charge in [0.2, 0.25) is 5.13 Å². The van der Waals surface area contributed by atoms with Crippen molar-refractivity contribution in [3.05, 3.63) is 21.6 Å². The van der Waals surface area contributed by atoms with E-state index in [1.807, 2.05) is 6.92 Å². The van der Waals surface area contributed by atoms with Gasteiger partial charge in [-0.3, -0.25) is 9.78 Å². The van der Waals surface area contributed by atoms with E-state index in [9.17, 15) is 4.79 Å². The maximum absolute atomic E-state index is 11.7. The largest absolute Gasteiger partial charge is 0.374 e. The van der Waals surface area contributed by atoms with Crippen molar-refractivity contribution < 1.29 is 4.79 Å². The number of hydrogen-bond donors (Lipinski definition) is 2. The molecular formula is C8H9N5OS2. The molecule has 3 N–H and O–H groups in total. The Morgan fingerprint density at radius 3 is 2.94 bits per heavy atom. The Morgan fingerprint density at radius 2 is 2.38 bits per heavy atom. The number of nitrogens with two attached hydrogens (primary N) is 1. The topological polar surface area (TPSA) is 93.8 Å². The molecule has 0 aliphatic heterocycles. The van der Waals surface area contributed by atoms with E-state index in [1.165, 1.54) is 28.9 Å². The van der Waals surface area contributed by atoms with Crippen molar-refractivity contribution >= 4 is 33.7 Å². The maximum atomic E-state index is 11.7. The summed E-state index contributed by atoms with van der Waals surface area (Å²) in [6.07, 6.45) is 1.53. The van der Waals surface area contributed by atoms with E-state index < -0.39 is 0 Å². The highest BCUT2D eigenvalue weighted by molar-refractivity contribution is 7.15. The highest BCUT2D eigenvalue weighted by Crippen LogP contribution is 2.19. The predicted octanol–water partition coefficient (Wildman–Crippen LogP) is 1.07. The van der Waals surface area contributed by atoms with Crippen molar-refractivity contribution in [3.63, 3.8) is 0 Å². The van der Waals surface area contributed by atoms with Crippen molar-refractivity contribution in [2.45, 2.75) is 13.0 Å². The molecule has 1 amide bonds. The quantitative estimate of drug-likeness (QED) is 0.855. The zero-order valence-corrected chi connectivity index (χ0v) is 10.0. The number of thiazole rings is 1. The summed E-state index contributed by atoms with van der Waals surface area (Å²) in [7, 11) is 0. The Hall–Kier alpha value is -1.54. The number of amides is 1. The summed E-state index contributed by atoms with van der Waals surface area (Å²) in [6, 6.07) is -0.204. The molecule has 2 heterocycles. The fourth-order valence-electron chi connectivity index (χ4n) is 1.08. The van der Waals surface area contributed by atoms with Crippen LogP contribution in [0.3, 0.4) is 0 Å². The molecule has 0 aliphatic rings. The zero-order chi connectivity index (χ0) is 11.5. The first-order valence-corrected chi connectivity index (χ1v) is 6.14. The third-order valence-electron chi connectivity index (χ3n) is 1.83. The standard InChI is InChI=1S/C8H9N5OS2/c1-4(7-12-13-8(9)16-7)11-6(14)5-2-10-3-15-5/h2-4H,1H3,(H2,9,13)(H,11,14)/t4-/m0/s1. The molecule has 1 atom stereocenters. The van der Waals surface area contributed by atoms with Gasteiger partial charge in [-0.05, 0) is 6.92 Å². The van der Waals surface area contributed by atoms with Gasteiger partial charge in [0.1, 0.15) is 9.88 Å². The van der Waals surface area contributed by atoms with E-state index in [4.69, 9.17) is 5.73 Å². The molecule has 2 aromatic rings. The number of hydrogen-bond acceptors (Lipinski definition) is 7. The molecule has 0 aliphatic carbocycles. The highest BCUT2D eigenvalue weighted by Gasteiger charge is 2.15. The van der Waals surface area contributed by atoms with Gasteiger partial charge < -0.3 is 11.1 Å². The number of nitrogens with zero attached hydrogens (tertiary/aromatic N) is 3. The molecule has 0 saturated heterocycles. The van der Waals surface area contributed by atoms with Gasteiger partial charge in [0.15, 0.2) is 0 Å². The minimum atomic E-state index is -0.204. The van der Waals surface area contributed by atoms with Crippen LogP contribution < -0.4 is 11.1 Å². The van der Waals surface area contributed by atoms with E-state index in [1.54, 1.807) is 5.51 Å². The number of aromatic nitrogens is 3. The van der Waals surface area contributed by atoms with Crippen LogP contribution in [-0.2, 0) is 0 Å². The van der Waals surface area contributed by atoms with Crippen LogP contribution in [0.5, 0.6) is 0 Å². The smallest absolute Gasteiger partial charge is 0.263 e. The second kappa shape index (κ2) is 4.54. The molecule has 0 bridgehead atoms. The van der Waals surface area contributed by atoms with Crippen LogP contribution in [0.1, 0.15) is 27.6 Å². The number of nitrogen functional groups attached to an aromatic ring is 1. The first-order chi connectivity index (χ1) is 7.66. The van der Waals surface area contributed by atoms with Crippen LogP contribution in [-0.4, -0.2) is 21.1 Å². The SMILES string of the molecule is C[C@H](NC(=O)c1cncs1)c1nnc(N)s1. The van der Waals surface area contributed by atoms with Gasteiger partial charge >= 0.3 is 0 Å². The van der Waals surface area contributed by atoms with E-state index in [0.717, 1.165) is 0 Å². The molecule has 0 saturated carbocycles. The van der Waals surface area contributed by atoms with Crippen molar-refractivity contribution in [3.8, 4) is 0 Å². The number of nitrogens with one attached hydrogen (secondary N) is 1. The van der Waals surface area contributed by atoms with Crippen molar-refractivity contribution in [2.75, 3.05) is 5.73 Å². The molecule has 0 radical (unpaired) electrons. The van der Waals surface area contributed by atoms with Crippen LogP contribution in [0, 0.1) is 0 Å². The molecule has 0 fully saturated rings. The molecular weight excluding hydrogens is 246 g/mol. The summed E-state index contributed by atoms with van der Waals surface area (Å²) in [5, 5.41) is 11.4. The number of rotatable bonds is 3. The first-order valence-electron chi connectivity index (χ1n) is 4.45. The summed E-state index contributed by atoms with van der Waals surface area (Å²) in [6.45, 7) is 1.83. The van der Waals surface area contributed by atoms with Crippen LogP contribution >= 0.6 is 22.7 Å². The lowest BCUT2D eigenvalue weighted by Gasteiger charge is -2.08. The van der Waals surface area contributed by atoms with Gasteiger partial charge in [-0.2, -0.15) is 0 Å². The molecule has 0 unspecified atom stereocenters. The molecule has 2 rings (SSSR count). The lowest BCUT2D eigenvalue weighted by atomic mass is 10.3. The van der Waals surface area contributed by atoms with Gasteiger partial charge in [-0.25, -0.2) is 0 Å². The van der Waals surface area contributed by atoms with Gasteiger partial charge in [0.25, 0.3) is 5.91 Å². The van der Waals surface area contributed by atoms with Gasteiger partial charge in [-0.15, -0.1) is 21.5 Å². The predicted molar refractivity (Wildman–Crippen MR) is 62.3 cm³/mol. The Labute approximate surface area is 99.5 Å². The van der Waals surface area contributed by atoms with Crippen molar-refractivity contribution in [1.29, 1.82) is 0 Å². The summed E-state index contributed by atoms with van der Waals surface area (Å²) < 4.78 is 0. The average molecular weight is 255 g/mol. The summed E-state index contributed by atoms with van der Waals surface area (Å²) in [4.78, 5) is 16.1. The van der Waals surface area contributed by atoms with Crippen LogP contribution in [0.15, 0.2) is 11.7 Å². The van der Waals surface area contributed by atoms with Crippen LogP contribution in [0.2, 0.25) is 0 Å². The minimum Gasteiger partial charge on any atom is -0.374 e. The van der Waals surface area contributed by atoms with E-state index in [2.05, 4.69) is 20.5 Å². The molecule has 2 aromatic heterocycles. The Bertz CT molecular complexity index is 480. The van der Waals surface area contributed by atoms with E-state index in [-0.39, 0.29) is 11.9 Å². The average Bonchev–Trinajstić information content (AvgIpc) is 2.87. The van der Waals surface area contributed by atoms with E-state index in [0.29, 0.717) is 15.0 Å². The lowest BCUT2D eigenvalue weighted by Crippen LogP contribution is -2.25. The van der Waals surface area contributed by atoms with E-state index >= 15 is 0 Å². The minimum absolute atomic E-state index is 0.163. The second-order valence-electron chi connectivity index (χ2n) is 3.04. The third kappa shape index (κ3) is 2.34. The Kier molecular flexibility index (Phi) is 3.11. The number of anilines is 1. The van der Waals surface area contributed by atoms with Gasteiger partial charge in [-0.1, -0.05) is 11.3 Å². The summed E-state index contributed by atoms with van der Waals surface area (Å²) in [5.41, 5.74) is 7.08. The molecule has 16 heavy (non-hydrogen) atoms. The zero-order valence-electron chi connectivity index (χ0n) is 8.38. The molecule has 0 aromatic carbocycles. The first kappa shape index (κ1) is 11.0. The van der Waals surface area contributed by atoms with Crippen LogP contribution in [0.4, 0.5) is 5.13 Å². The Morgan fingerprint density at radius 1 is 1.56 bits per heavy atom. The molecule has 8 heteroatoms. The van der Waals surface area contributed by atoms with Crippen LogP contribution in [0.25, 0.3) is 0 Å². The fraction of sp³-hybridized carbons (Fsp3) is 0.250. The second-order valence-corrected chi connectivity index (χ2v) is 4.97.